The fraction of sp³-hybridized carbons (Fsp3) is 0.129. The fourth-order valence-electron chi connectivity index (χ4n) is 4.72. The highest BCUT2D eigenvalue weighted by molar-refractivity contribution is 6.31. The van der Waals surface area contributed by atoms with Gasteiger partial charge in [0.25, 0.3) is 0 Å². The van der Waals surface area contributed by atoms with Crippen molar-refractivity contribution in [2.24, 2.45) is 0 Å². The number of anilines is 1. The molecule has 1 aliphatic rings. The average Bonchev–Trinajstić information content (AvgIpc) is 3.70. The highest BCUT2D eigenvalue weighted by atomic mass is 35.5. The van der Waals surface area contributed by atoms with E-state index in [0.29, 0.717) is 45.8 Å². The fourth-order valence-corrected chi connectivity index (χ4v) is 4.91. The number of aliphatic carboxylic acids is 1. The van der Waals surface area contributed by atoms with Crippen LogP contribution in [0.15, 0.2) is 95.7 Å². The monoisotopic (exact) mass is 538 g/mol. The van der Waals surface area contributed by atoms with Gasteiger partial charge in [0.05, 0.1) is 17.3 Å². The lowest BCUT2D eigenvalue weighted by Gasteiger charge is -2.11. The van der Waals surface area contributed by atoms with Crippen LogP contribution in [0, 0.1) is 0 Å². The number of benzene rings is 3. The molecule has 7 nitrogen and oxygen atoms in total. The van der Waals surface area contributed by atoms with Crippen molar-refractivity contribution < 1.29 is 23.8 Å². The number of ether oxygens (including phenoxy) is 1. The van der Waals surface area contributed by atoms with Crippen LogP contribution in [0.3, 0.4) is 0 Å². The molecule has 8 heteroatoms. The minimum atomic E-state index is -0.766. The molecule has 0 aliphatic heterocycles. The van der Waals surface area contributed by atoms with Crippen LogP contribution in [0.25, 0.3) is 33.4 Å². The molecular weight excluding hydrogens is 516 g/mol. The minimum Gasteiger partial charge on any atom is -0.481 e. The summed E-state index contributed by atoms with van der Waals surface area (Å²) in [6.45, 7) is 0.0270. The number of furan rings is 1. The van der Waals surface area contributed by atoms with Crippen LogP contribution in [-0.4, -0.2) is 22.2 Å². The number of carboxylic acid groups (broad SMARTS) is 1. The van der Waals surface area contributed by atoms with Crippen LogP contribution >= 0.6 is 11.6 Å². The van der Waals surface area contributed by atoms with Crippen LogP contribution in [0.5, 0.6) is 0 Å². The van der Waals surface area contributed by atoms with E-state index >= 15 is 0 Å². The van der Waals surface area contributed by atoms with Gasteiger partial charge in [-0.05, 0) is 41.7 Å². The lowest BCUT2D eigenvalue weighted by molar-refractivity contribution is -0.140. The number of pyridine rings is 1. The van der Waals surface area contributed by atoms with Gasteiger partial charge in [-0.25, -0.2) is 4.79 Å². The van der Waals surface area contributed by atoms with Gasteiger partial charge in [-0.15, -0.1) is 0 Å². The van der Waals surface area contributed by atoms with Crippen molar-refractivity contribution in [3.63, 3.8) is 0 Å². The summed E-state index contributed by atoms with van der Waals surface area (Å²) in [5.74, 6) is -0.287. The number of carboxylic acids is 1. The molecule has 1 amide bonds. The summed E-state index contributed by atoms with van der Waals surface area (Å²) in [5.41, 5.74) is 4.53. The Labute approximate surface area is 229 Å². The third kappa shape index (κ3) is 4.73. The Balaban J connectivity index is 1.24. The van der Waals surface area contributed by atoms with Crippen LogP contribution in [0.1, 0.15) is 24.0 Å². The largest absolute Gasteiger partial charge is 0.481 e. The third-order valence-corrected chi connectivity index (χ3v) is 7.48. The maximum atomic E-state index is 12.7. The molecule has 0 unspecified atom stereocenters. The number of hydrogen-bond donors (Lipinski definition) is 2. The zero-order valence-corrected chi connectivity index (χ0v) is 21.4. The number of halogens is 1. The summed E-state index contributed by atoms with van der Waals surface area (Å²) in [4.78, 5) is 28.5. The maximum Gasteiger partial charge on any atom is 0.412 e. The van der Waals surface area contributed by atoms with Crippen LogP contribution in [0.4, 0.5) is 10.5 Å². The second-order valence-corrected chi connectivity index (χ2v) is 9.92. The second-order valence-electron chi connectivity index (χ2n) is 9.51. The molecule has 6 rings (SSSR count). The van der Waals surface area contributed by atoms with E-state index in [1.165, 1.54) is 0 Å². The SMILES string of the molecule is O=C(Nc1c(-c2ccc(-c3ccc(C4(C(=O)O)CC4)cc3)cc2)oc2cnccc12)OCc1ccccc1Cl. The van der Waals surface area contributed by atoms with Crippen molar-refractivity contribution in [1.82, 2.24) is 4.98 Å². The zero-order chi connectivity index (χ0) is 27.0. The number of carbonyl (C=O) groups is 2. The first-order valence-electron chi connectivity index (χ1n) is 12.4. The summed E-state index contributed by atoms with van der Waals surface area (Å²) >= 11 is 6.18. The van der Waals surface area contributed by atoms with Gasteiger partial charge in [0.1, 0.15) is 6.61 Å². The Hall–Kier alpha value is -4.62. The summed E-state index contributed by atoms with van der Waals surface area (Å²) < 4.78 is 11.5. The molecule has 1 aliphatic carbocycles. The lowest BCUT2D eigenvalue weighted by atomic mass is 9.93. The quantitative estimate of drug-likeness (QED) is 0.220. The first-order valence-corrected chi connectivity index (χ1v) is 12.8. The number of amides is 1. The topological polar surface area (TPSA) is 102 Å². The van der Waals surface area contributed by atoms with Crippen LogP contribution < -0.4 is 5.32 Å². The van der Waals surface area contributed by atoms with Crippen LogP contribution in [-0.2, 0) is 21.6 Å². The van der Waals surface area contributed by atoms with E-state index < -0.39 is 17.5 Å². The predicted molar refractivity (Wildman–Crippen MR) is 149 cm³/mol. The van der Waals surface area contributed by atoms with E-state index in [1.54, 1.807) is 30.6 Å². The van der Waals surface area contributed by atoms with E-state index in [1.807, 2.05) is 60.7 Å². The number of aromatic nitrogens is 1. The molecular formula is C31H23ClN2O5. The third-order valence-electron chi connectivity index (χ3n) is 7.11. The molecule has 3 aromatic carbocycles. The van der Waals surface area contributed by atoms with Gasteiger partial charge in [-0.2, -0.15) is 0 Å². The molecule has 2 aromatic heterocycles. The summed E-state index contributed by atoms with van der Waals surface area (Å²) in [5, 5.41) is 13.6. The van der Waals surface area contributed by atoms with E-state index in [2.05, 4.69) is 10.3 Å². The Morgan fingerprint density at radius 1 is 0.949 bits per heavy atom. The van der Waals surface area contributed by atoms with Crippen molar-refractivity contribution >= 4 is 40.3 Å². The van der Waals surface area contributed by atoms with Gasteiger partial charge in [0.2, 0.25) is 0 Å². The highest BCUT2D eigenvalue weighted by Crippen LogP contribution is 2.48. The molecule has 39 heavy (non-hydrogen) atoms. The van der Waals surface area contributed by atoms with Gasteiger partial charge in [0, 0.05) is 27.7 Å². The Morgan fingerprint density at radius 2 is 1.62 bits per heavy atom. The minimum absolute atomic E-state index is 0.0270. The van der Waals surface area contributed by atoms with Crippen molar-refractivity contribution in [3.05, 3.63) is 107 Å². The average molecular weight is 539 g/mol. The summed E-state index contributed by atoms with van der Waals surface area (Å²) in [7, 11) is 0. The Morgan fingerprint density at radius 3 is 2.28 bits per heavy atom. The van der Waals surface area contributed by atoms with Gasteiger partial charge in [-0.3, -0.25) is 15.1 Å². The molecule has 0 atom stereocenters. The second kappa shape index (κ2) is 9.93. The van der Waals surface area contributed by atoms with Crippen molar-refractivity contribution in [1.29, 1.82) is 0 Å². The smallest absolute Gasteiger partial charge is 0.412 e. The standard InChI is InChI=1S/C31H23ClN2O5/c32-25-4-2-1-3-22(25)18-38-30(37)34-27-24-13-16-33-17-26(24)39-28(27)21-7-5-19(6-8-21)20-9-11-23(12-10-20)31(14-15-31)29(35)36/h1-13,16-17H,14-15,18H2,(H,34,37)(H,35,36). The van der Waals surface area contributed by atoms with Crippen LogP contribution in [0.2, 0.25) is 5.02 Å². The van der Waals surface area contributed by atoms with E-state index in [9.17, 15) is 14.7 Å². The number of nitrogens with zero attached hydrogens (tertiary/aromatic N) is 1. The van der Waals surface area contributed by atoms with Gasteiger partial charge in [-0.1, -0.05) is 78.3 Å². The lowest BCUT2D eigenvalue weighted by Crippen LogP contribution is -2.19. The molecule has 0 radical (unpaired) electrons. The number of nitrogens with one attached hydrogen (secondary N) is 1. The van der Waals surface area contributed by atoms with Gasteiger partial charge >= 0.3 is 12.1 Å². The number of hydrogen-bond acceptors (Lipinski definition) is 5. The molecule has 0 bridgehead atoms. The van der Waals surface area contributed by atoms with Crippen molar-refractivity contribution in [2.45, 2.75) is 24.9 Å². The first kappa shape index (κ1) is 24.7. The molecule has 5 aromatic rings. The van der Waals surface area contributed by atoms with E-state index in [0.717, 1.165) is 22.3 Å². The van der Waals surface area contributed by atoms with Crippen molar-refractivity contribution in [3.8, 4) is 22.5 Å². The number of carbonyl (C=O) groups excluding carboxylic acids is 1. The molecule has 1 fully saturated rings. The zero-order valence-electron chi connectivity index (χ0n) is 20.7. The van der Waals surface area contributed by atoms with Gasteiger partial charge in [0.15, 0.2) is 11.3 Å². The summed E-state index contributed by atoms with van der Waals surface area (Å²) in [6, 6.07) is 24.4. The Kier molecular flexibility index (Phi) is 6.29. The Bertz CT molecular complexity index is 1690. The van der Waals surface area contributed by atoms with E-state index in [-0.39, 0.29) is 6.61 Å². The molecule has 2 heterocycles. The molecule has 1 saturated carbocycles. The number of fused-ring (bicyclic) bond motifs is 1. The normalized spacial score (nSPS) is 13.7. The first-order chi connectivity index (χ1) is 18.9. The summed E-state index contributed by atoms with van der Waals surface area (Å²) in [6.07, 6.45) is 3.94. The highest BCUT2D eigenvalue weighted by Gasteiger charge is 2.51. The van der Waals surface area contributed by atoms with Gasteiger partial charge < -0.3 is 14.3 Å². The molecule has 0 saturated heterocycles. The maximum absolute atomic E-state index is 12.7. The number of rotatable bonds is 7. The van der Waals surface area contributed by atoms with Crippen molar-refractivity contribution in [2.75, 3.05) is 5.32 Å². The molecule has 194 valence electrons. The molecule has 0 spiro atoms. The molecule has 2 N–H and O–H groups in total. The predicted octanol–water partition coefficient (Wildman–Crippen LogP) is 7.68. The van der Waals surface area contributed by atoms with E-state index in [4.69, 9.17) is 20.8 Å².